The second-order valence-corrected chi connectivity index (χ2v) is 7.12. The number of hydrogen-bond acceptors (Lipinski definition) is 5. The summed E-state index contributed by atoms with van der Waals surface area (Å²) in [6.45, 7) is 0.292. The van der Waals surface area contributed by atoms with E-state index in [1.807, 2.05) is 0 Å². The van der Waals surface area contributed by atoms with Gasteiger partial charge in [-0.2, -0.15) is 0 Å². The van der Waals surface area contributed by atoms with E-state index in [1.165, 1.54) is 12.3 Å². The van der Waals surface area contributed by atoms with Gasteiger partial charge in [-0.25, -0.2) is 17.9 Å². The average molecular weight is 329 g/mol. The van der Waals surface area contributed by atoms with Crippen molar-refractivity contribution >= 4 is 27.3 Å². The zero-order chi connectivity index (χ0) is 15.5. The molecule has 0 radical (unpaired) electrons. The van der Waals surface area contributed by atoms with Gasteiger partial charge in [-0.1, -0.05) is 0 Å². The first kappa shape index (κ1) is 15.5. The van der Waals surface area contributed by atoms with Gasteiger partial charge in [-0.3, -0.25) is 9.78 Å². The van der Waals surface area contributed by atoms with Crippen molar-refractivity contribution in [3.63, 3.8) is 0 Å². The van der Waals surface area contributed by atoms with E-state index in [4.69, 9.17) is 5.14 Å². The molecule has 0 saturated carbocycles. The van der Waals surface area contributed by atoms with Crippen molar-refractivity contribution in [2.45, 2.75) is 10.6 Å². The van der Waals surface area contributed by atoms with E-state index in [9.17, 15) is 17.6 Å². The van der Waals surface area contributed by atoms with Crippen LogP contribution < -0.4 is 10.5 Å². The Hall–Kier alpha value is -1.84. The molecule has 0 fully saturated rings. The molecule has 0 bridgehead atoms. The lowest BCUT2D eigenvalue weighted by molar-refractivity contribution is 0.0953. The number of aromatic nitrogens is 1. The van der Waals surface area contributed by atoms with Crippen LogP contribution >= 0.6 is 11.3 Å². The number of nitrogens with two attached hydrogens (primary N) is 1. The number of nitrogens with one attached hydrogen (secondary N) is 1. The van der Waals surface area contributed by atoms with Crippen LogP contribution in [0.4, 0.5) is 4.39 Å². The minimum Gasteiger partial charge on any atom is -0.352 e. The largest absolute Gasteiger partial charge is 0.352 e. The molecule has 0 aliphatic heterocycles. The van der Waals surface area contributed by atoms with Gasteiger partial charge in [-0.15, -0.1) is 11.3 Å². The van der Waals surface area contributed by atoms with E-state index in [2.05, 4.69) is 10.3 Å². The number of sulfonamides is 1. The molecule has 0 aliphatic carbocycles. The summed E-state index contributed by atoms with van der Waals surface area (Å²) in [5, 5.41) is 7.61. The topological polar surface area (TPSA) is 102 Å². The number of carbonyl (C=O) groups excluding carboxylic acids is 1. The molecule has 0 unspecified atom stereocenters. The highest BCUT2D eigenvalue weighted by molar-refractivity contribution is 7.91. The van der Waals surface area contributed by atoms with E-state index in [-0.39, 0.29) is 9.77 Å². The lowest BCUT2D eigenvalue weighted by Crippen LogP contribution is -2.25. The summed E-state index contributed by atoms with van der Waals surface area (Å²) in [6.07, 6.45) is 2.73. The van der Waals surface area contributed by atoms with Crippen LogP contribution in [-0.2, 0) is 16.4 Å². The zero-order valence-corrected chi connectivity index (χ0v) is 12.4. The van der Waals surface area contributed by atoms with Crippen LogP contribution in [0.25, 0.3) is 0 Å². The molecule has 21 heavy (non-hydrogen) atoms. The van der Waals surface area contributed by atoms with Gasteiger partial charge in [0.1, 0.15) is 10.0 Å². The normalized spacial score (nSPS) is 11.3. The SMILES string of the molecule is NS(=O)(=O)c1ccc(CCNC(=O)c2cncc(F)c2)s1. The van der Waals surface area contributed by atoms with Crippen molar-refractivity contribution in [3.05, 3.63) is 46.9 Å². The molecule has 0 saturated heterocycles. The average Bonchev–Trinajstić information content (AvgIpc) is 2.87. The first-order valence-electron chi connectivity index (χ1n) is 5.86. The number of primary sulfonamides is 1. The number of carbonyl (C=O) groups is 1. The predicted molar refractivity (Wildman–Crippen MR) is 75.9 cm³/mol. The molecule has 0 aromatic carbocycles. The van der Waals surface area contributed by atoms with E-state index < -0.39 is 21.7 Å². The third kappa shape index (κ3) is 4.31. The summed E-state index contributed by atoms with van der Waals surface area (Å²) in [5.41, 5.74) is 0.131. The minimum atomic E-state index is -3.69. The van der Waals surface area contributed by atoms with Crippen LogP contribution in [0, 0.1) is 5.82 Å². The Morgan fingerprint density at radius 2 is 2.14 bits per heavy atom. The lowest BCUT2D eigenvalue weighted by atomic mass is 10.2. The molecule has 112 valence electrons. The molecule has 2 aromatic rings. The van der Waals surface area contributed by atoms with Crippen LogP contribution in [0.1, 0.15) is 15.2 Å². The third-order valence-electron chi connectivity index (χ3n) is 2.54. The van der Waals surface area contributed by atoms with Crippen LogP contribution in [0.5, 0.6) is 0 Å². The number of thiophene rings is 1. The Bertz CT molecular complexity index is 759. The van der Waals surface area contributed by atoms with Gasteiger partial charge >= 0.3 is 0 Å². The molecule has 0 spiro atoms. The molecular formula is C12H12FN3O3S2. The third-order valence-corrected chi connectivity index (χ3v) is 5.12. The van der Waals surface area contributed by atoms with Crippen molar-refractivity contribution in [2.75, 3.05) is 6.54 Å². The summed E-state index contributed by atoms with van der Waals surface area (Å²) in [4.78, 5) is 16.1. The number of amides is 1. The Labute approximate surface area is 124 Å². The van der Waals surface area contributed by atoms with Gasteiger partial charge < -0.3 is 5.32 Å². The molecule has 2 heterocycles. The fourth-order valence-electron chi connectivity index (χ4n) is 1.58. The van der Waals surface area contributed by atoms with Crippen LogP contribution in [0.2, 0.25) is 0 Å². The van der Waals surface area contributed by atoms with E-state index in [0.29, 0.717) is 13.0 Å². The zero-order valence-electron chi connectivity index (χ0n) is 10.7. The molecule has 6 nitrogen and oxygen atoms in total. The van der Waals surface area contributed by atoms with Gasteiger partial charge in [0.15, 0.2) is 0 Å². The van der Waals surface area contributed by atoms with Crippen LogP contribution in [-0.4, -0.2) is 25.9 Å². The minimum absolute atomic E-state index is 0.0816. The maximum Gasteiger partial charge on any atom is 0.252 e. The smallest absolute Gasteiger partial charge is 0.252 e. The molecule has 0 atom stereocenters. The maximum absolute atomic E-state index is 12.9. The highest BCUT2D eigenvalue weighted by atomic mass is 32.2. The summed E-state index contributed by atoms with van der Waals surface area (Å²) >= 11 is 1.05. The monoisotopic (exact) mass is 329 g/mol. The first-order chi connectivity index (χ1) is 9.86. The second-order valence-electron chi connectivity index (χ2n) is 4.16. The van der Waals surface area contributed by atoms with Gasteiger partial charge in [0.25, 0.3) is 5.91 Å². The van der Waals surface area contributed by atoms with Gasteiger partial charge in [0.2, 0.25) is 10.0 Å². The quantitative estimate of drug-likeness (QED) is 0.851. The summed E-state index contributed by atoms with van der Waals surface area (Å²) in [6, 6.07) is 4.15. The van der Waals surface area contributed by atoms with E-state index >= 15 is 0 Å². The number of pyridine rings is 1. The molecule has 2 rings (SSSR count). The molecule has 0 aliphatic rings. The number of halogens is 1. The summed E-state index contributed by atoms with van der Waals surface area (Å²) in [5.74, 6) is -1.02. The Balaban J connectivity index is 1.90. The Morgan fingerprint density at radius 1 is 1.38 bits per heavy atom. The van der Waals surface area contributed by atoms with Crippen molar-refractivity contribution in [1.82, 2.24) is 10.3 Å². The van der Waals surface area contributed by atoms with Gasteiger partial charge in [0, 0.05) is 17.6 Å². The Kier molecular flexibility index (Phi) is 4.66. The van der Waals surface area contributed by atoms with E-state index in [0.717, 1.165) is 28.5 Å². The highest BCUT2D eigenvalue weighted by Gasteiger charge is 2.11. The van der Waals surface area contributed by atoms with E-state index in [1.54, 1.807) is 6.07 Å². The molecule has 2 aromatic heterocycles. The van der Waals surface area contributed by atoms with Gasteiger partial charge in [-0.05, 0) is 24.6 Å². The Morgan fingerprint density at radius 3 is 2.76 bits per heavy atom. The van der Waals surface area contributed by atoms with Crippen LogP contribution in [0.15, 0.2) is 34.8 Å². The summed E-state index contributed by atoms with van der Waals surface area (Å²) in [7, 11) is -3.69. The first-order valence-corrected chi connectivity index (χ1v) is 8.23. The van der Waals surface area contributed by atoms with Crippen molar-refractivity contribution in [3.8, 4) is 0 Å². The fourth-order valence-corrected chi connectivity index (χ4v) is 3.36. The molecular weight excluding hydrogens is 317 g/mol. The number of rotatable bonds is 5. The summed E-state index contributed by atoms with van der Waals surface area (Å²) < 4.78 is 35.2. The number of nitrogens with zero attached hydrogens (tertiary/aromatic N) is 1. The fraction of sp³-hybridized carbons (Fsp3) is 0.167. The number of hydrogen-bond donors (Lipinski definition) is 2. The van der Waals surface area contributed by atoms with Crippen LogP contribution in [0.3, 0.4) is 0 Å². The van der Waals surface area contributed by atoms with Crippen molar-refractivity contribution in [1.29, 1.82) is 0 Å². The predicted octanol–water partition coefficient (Wildman–Crippen LogP) is 0.902. The van der Waals surface area contributed by atoms with Crippen molar-refractivity contribution in [2.24, 2.45) is 5.14 Å². The second kappa shape index (κ2) is 6.29. The molecule has 9 heteroatoms. The molecule has 3 N–H and O–H groups in total. The van der Waals surface area contributed by atoms with Crippen molar-refractivity contribution < 1.29 is 17.6 Å². The highest BCUT2D eigenvalue weighted by Crippen LogP contribution is 2.20. The maximum atomic E-state index is 12.9. The lowest BCUT2D eigenvalue weighted by Gasteiger charge is -2.03. The molecule has 1 amide bonds. The van der Waals surface area contributed by atoms with Gasteiger partial charge in [0.05, 0.1) is 11.8 Å². The standard InChI is InChI=1S/C12H12FN3O3S2/c13-9-5-8(6-15-7-9)12(17)16-4-3-10-1-2-11(20-10)21(14,18)19/h1-2,5-7H,3-4H2,(H,16,17)(H2,14,18,19).